The first-order chi connectivity index (χ1) is 19.2. The van der Waals surface area contributed by atoms with Gasteiger partial charge in [0.25, 0.3) is 5.91 Å². The van der Waals surface area contributed by atoms with Crippen LogP contribution in [0.1, 0.15) is 32.6 Å². The van der Waals surface area contributed by atoms with E-state index in [1.807, 2.05) is 65.0 Å². The third kappa shape index (κ3) is 5.52. The third-order valence-corrected chi connectivity index (χ3v) is 8.41. The lowest BCUT2D eigenvalue weighted by molar-refractivity contribution is 0.0410. The van der Waals surface area contributed by atoms with Gasteiger partial charge in [0.2, 0.25) is 0 Å². The minimum Gasteiger partial charge on any atom is -0.367 e. The lowest BCUT2D eigenvalue weighted by atomic mass is 10.0. The van der Waals surface area contributed by atoms with Crippen LogP contribution in [0.5, 0.6) is 0 Å². The number of benzene rings is 3. The Balaban J connectivity index is 1.06. The topological polar surface area (TPSA) is 50.6 Å². The van der Waals surface area contributed by atoms with Crippen molar-refractivity contribution in [3.8, 4) is 5.69 Å². The van der Waals surface area contributed by atoms with E-state index in [1.165, 1.54) is 11.3 Å². The molecule has 5 aromatic rings. The van der Waals surface area contributed by atoms with Gasteiger partial charge in [-0.2, -0.15) is 5.10 Å². The molecule has 1 aliphatic heterocycles. The fourth-order valence-electron chi connectivity index (χ4n) is 5.17. The zero-order valence-electron chi connectivity index (χ0n) is 22.1. The van der Waals surface area contributed by atoms with Crippen LogP contribution in [0.4, 0.5) is 0 Å². The summed E-state index contributed by atoms with van der Waals surface area (Å²) in [4.78, 5) is 19.6. The first-order valence-corrected chi connectivity index (χ1v) is 14.3. The average Bonchev–Trinajstić information content (AvgIpc) is 3.57. The highest BCUT2D eigenvalue weighted by Gasteiger charge is 2.25. The Hall–Kier alpha value is -3.78. The maximum Gasteiger partial charge on any atom is 0.264 e. The quantitative estimate of drug-likeness (QED) is 0.246. The molecule has 1 amide bonds. The highest BCUT2D eigenvalue weighted by atomic mass is 32.1. The second kappa shape index (κ2) is 11.5. The number of carbonyl (C=O) groups excluding carboxylic acids is 1. The summed E-state index contributed by atoms with van der Waals surface area (Å²) >= 11 is 1.53. The highest BCUT2D eigenvalue weighted by molar-refractivity contribution is 7.20. The first kappa shape index (κ1) is 25.5. The molecule has 0 bridgehead atoms. The molecule has 0 unspecified atom stereocenters. The van der Waals surface area contributed by atoms with Gasteiger partial charge in [-0.1, -0.05) is 78.9 Å². The van der Waals surface area contributed by atoms with Crippen LogP contribution in [-0.2, 0) is 4.74 Å². The maximum atomic E-state index is 13.4. The average molecular weight is 537 g/mol. The Morgan fingerprint density at radius 2 is 1.46 bits per heavy atom. The molecule has 0 N–H and O–H groups in total. The largest absolute Gasteiger partial charge is 0.367 e. The zero-order chi connectivity index (χ0) is 26.6. The van der Waals surface area contributed by atoms with Gasteiger partial charge in [0, 0.05) is 38.1 Å². The van der Waals surface area contributed by atoms with Crippen molar-refractivity contribution in [2.45, 2.75) is 13.0 Å². The van der Waals surface area contributed by atoms with Crippen molar-refractivity contribution in [1.29, 1.82) is 0 Å². The summed E-state index contributed by atoms with van der Waals surface area (Å²) in [5.41, 5.74) is 4.27. The van der Waals surface area contributed by atoms with Crippen molar-refractivity contribution in [3.63, 3.8) is 0 Å². The van der Waals surface area contributed by atoms with Gasteiger partial charge in [0.1, 0.15) is 10.9 Å². The van der Waals surface area contributed by atoms with Gasteiger partial charge in [0.15, 0.2) is 0 Å². The molecular weight excluding hydrogens is 504 g/mol. The van der Waals surface area contributed by atoms with Gasteiger partial charge in [-0.3, -0.25) is 9.69 Å². The molecule has 1 saturated heterocycles. The van der Waals surface area contributed by atoms with Crippen LogP contribution in [0.2, 0.25) is 0 Å². The number of amides is 1. The Morgan fingerprint density at radius 1 is 0.872 bits per heavy atom. The predicted octanol–water partition coefficient (Wildman–Crippen LogP) is 5.96. The maximum absolute atomic E-state index is 13.4. The molecule has 7 heteroatoms. The number of piperazine rings is 1. The van der Waals surface area contributed by atoms with E-state index in [4.69, 9.17) is 9.84 Å². The third-order valence-electron chi connectivity index (χ3n) is 7.31. The van der Waals surface area contributed by atoms with E-state index in [0.29, 0.717) is 6.61 Å². The standard InChI is InChI=1S/C32H32N4O2S/c1-24-28-23-29(39-32(28)36(33-24)27-15-9-4-10-16-27)31(37)35-19-17-34(18-20-35)21-22-38-30(25-11-5-2-6-12-25)26-13-7-3-8-14-26/h2-16,23,30H,17-22H2,1H3. The number of hydrogen-bond acceptors (Lipinski definition) is 5. The molecule has 6 nitrogen and oxygen atoms in total. The fraction of sp³-hybridized carbons (Fsp3) is 0.250. The van der Waals surface area contributed by atoms with Crippen molar-refractivity contribution in [1.82, 2.24) is 19.6 Å². The van der Waals surface area contributed by atoms with Crippen molar-refractivity contribution in [3.05, 3.63) is 119 Å². The predicted molar refractivity (Wildman–Crippen MR) is 157 cm³/mol. The molecule has 3 heterocycles. The summed E-state index contributed by atoms with van der Waals surface area (Å²) in [5, 5.41) is 5.76. The lowest BCUT2D eigenvalue weighted by Gasteiger charge is -2.34. The molecule has 198 valence electrons. The van der Waals surface area contributed by atoms with Gasteiger partial charge in [-0.25, -0.2) is 4.68 Å². The SMILES string of the molecule is Cc1nn(-c2ccccc2)c2sc(C(=O)N3CCN(CCOC(c4ccccc4)c4ccccc4)CC3)cc12. The second-order valence-corrected chi connectivity index (χ2v) is 10.9. The summed E-state index contributed by atoms with van der Waals surface area (Å²) in [7, 11) is 0. The van der Waals surface area contributed by atoms with Crippen LogP contribution in [0.3, 0.4) is 0 Å². The Labute approximate surface area is 233 Å². The van der Waals surface area contributed by atoms with Crippen molar-refractivity contribution >= 4 is 27.5 Å². The van der Waals surface area contributed by atoms with E-state index in [-0.39, 0.29) is 12.0 Å². The van der Waals surface area contributed by atoms with Gasteiger partial charge in [0.05, 0.1) is 22.9 Å². The first-order valence-electron chi connectivity index (χ1n) is 13.4. The van der Waals surface area contributed by atoms with Gasteiger partial charge < -0.3 is 9.64 Å². The second-order valence-electron chi connectivity index (χ2n) is 9.87. The highest BCUT2D eigenvalue weighted by Crippen LogP contribution is 2.31. The minimum atomic E-state index is -0.0847. The molecule has 0 aliphatic carbocycles. The number of ether oxygens (including phenoxy) is 1. The number of para-hydroxylation sites is 1. The van der Waals surface area contributed by atoms with Crippen LogP contribution in [-0.4, -0.2) is 64.8 Å². The minimum absolute atomic E-state index is 0.0847. The summed E-state index contributed by atoms with van der Waals surface area (Å²) < 4.78 is 8.36. The molecular formula is C32H32N4O2S. The summed E-state index contributed by atoms with van der Waals surface area (Å²) in [6, 6.07) is 32.9. The van der Waals surface area contributed by atoms with Crippen LogP contribution in [0.15, 0.2) is 97.1 Å². The Morgan fingerprint density at radius 3 is 2.08 bits per heavy atom. The van der Waals surface area contributed by atoms with Gasteiger partial charge in [-0.15, -0.1) is 11.3 Å². The number of carbonyl (C=O) groups is 1. The van der Waals surface area contributed by atoms with Crippen molar-refractivity contribution in [2.75, 3.05) is 39.3 Å². The van der Waals surface area contributed by atoms with Crippen LogP contribution < -0.4 is 0 Å². The molecule has 0 atom stereocenters. The fourth-order valence-corrected chi connectivity index (χ4v) is 6.32. The summed E-state index contributed by atoms with van der Waals surface area (Å²) in [5.74, 6) is 0.110. The number of rotatable bonds is 8. The molecule has 39 heavy (non-hydrogen) atoms. The molecule has 0 saturated carbocycles. The number of hydrogen-bond donors (Lipinski definition) is 0. The lowest BCUT2D eigenvalue weighted by Crippen LogP contribution is -2.49. The summed E-state index contributed by atoms with van der Waals surface area (Å²) in [6.45, 7) is 6.61. The van der Waals surface area contributed by atoms with E-state index in [2.05, 4.69) is 53.4 Å². The van der Waals surface area contributed by atoms with E-state index in [0.717, 1.165) is 70.3 Å². The number of aryl methyl sites for hydroxylation is 1. The van der Waals surface area contributed by atoms with E-state index >= 15 is 0 Å². The Kier molecular flexibility index (Phi) is 7.54. The number of aromatic nitrogens is 2. The van der Waals surface area contributed by atoms with E-state index < -0.39 is 0 Å². The molecule has 0 spiro atoms. The van der Waals surface area contributed by atoms with Crippen LogP contribution >= 0.6 is 11.3 Å². The normalized spacial score (nSPS) is 14.4. The smallest absolute Gasteiger partial charge is 0.264 e. The monoisotopic (exact) mass is 536 g/mol. The van der Waals surface area contributed by atoms with E-state index in [9.17, 15) is 4.79 Å². The molecule has 0 radical (unpaired) electrons. The molecule has 3 aromatic carbocycles. The molecule has 1 fully saturated rings. The Bertz CT molecular complexity index is 1480. The van der Waals surface area contributed by atoms with Gasteiger partial charge >= 0.3 is 0 Å². The van der Waals surface area contributed by atoms with Crippen molar-refractivity contribution in [2.24, 2.45) is 0 Å². The molecule has 2 aromatic heterocycles. The van der Waals surface area contributed by atoms with Crippen molar-refractivity contribution < 1.29 is 9.53 Å². The van der Waals surface area contributed by atoms with Crippen LogP contribution in [0, 0.1) is 6.92 Å². The molecule has 6 rings (SSSR count). The van der Waals surface area contributed by atoms with Gasteiger partial charge in [-0.05, 0) is 36.2 Å². The number of fused-ring (bicyclic) bond motifs is 1. The zero-order valence-corrected chi connectivity index (χ0v) is 22.9. The molecule has 1 aliphatic rings. The van der Waals surface area contributed by atoms with Crippen LogP contribution in [0.25, 0.3) is 15.9 Å². The van der Waals surface area contributed by atoms with E-state index in [1.54, 1.807) is 0 Å². The summed E-state index contributed by atoms with van der Waals surface area (Å²) in [6.07, 6.45) is -0.0847. The number of nitrogens with zero attached hydrogens (tertiary/aromatic N) is 4. The number of thiophene rings is 1.